The minimum absolute atomic E-state index is 0.232. The van der Waals surface area contributed by atoms with Crippen molar-refractivity contribution in [2.75, 3.05) is 0 Å². The topological polar surface area (TPSA) is 70.3 Å². The maximum Gasteiger partial charge on any atom is 0.332 e. The first kappa shape index (κ1) is 16.7. The predicted molar refractivity (Wildman–Crippen MR) is 95.0 cm³/mol. The van der Waals surface area contributed by atoms with Gasteiger partial charge in [-0.2, -0.15) is 0 Å². The van der Waals surface area contributed by atoms with Crippen molar-refractivity contribution >= 4 is 16.9 Å². The molecule has 3 rings (SSSR count). The molecule has 6 nitrogen and oxygen atoms in total. The number of ether oxygens (including phenoxy) is 1. The summed E-state index contributed by atoms with van der Waals surface area (Å²) in [6.45, 7) is 3.57. The standard InChI is InChI=1S/C19H18N2O4/c1-3-20-18(23)15-9-4-5-10-16(15)21(19(20)24)12-17(22)25-14-8-6-7-13(2)11-14/h4-11H,3,12H2,1-2H3. The third-order valence-corrected chi connectivity index (χ3v) is 3.96. The van der Waals surface area contributed by atoms with E-state index < -0.39 is 11.7 Å². The number of carbonyl (C=O) groups excluding carboxylic acids is 1. The number of aryl methyl sites for hydroxylation is 1. The number of rotatable bonds is 4. The highest BCUT2D eigenvalue weighted by molar-refractivity contribution is 5.80. The fourth-order valence-electron chi connectivity index (χ4n) is 2.77. The molecule has 25 heavy (non-hydrogen) atoms. The minimum atomic E-state index is -0.570. The van der Waals surface area contributed by atoms with Crippen LogP contribution in [0.15, 0.2) is 58.1 Å². The van der Waals surface area contributed by atoms with Gasteiger partial charge in [0.15, 0.2) is 0 Å². The number of para-hydroxylation sites is 1. The molecule has 0 aliphatic carbocycles. The maximum absolute atomic E-state index is 12.6. The van der Waals surface area contributed by atoms with E-state index in [1.165, 1.54) is 4.57 Å². The molecule has 0 unspecified atom stereocenters. The van der Waals surface area contributed by atoms with Gasteiger partial charge in [0.05, 0.1) is 10.9 Å². The predicted octanol–water partition coefficient (Wildman–Crippen LogP) is 2.10. The van der Waals surface area contributed by atoms with Gasteiger partial charge < -0.3 is 4.74 Å². The van der Waals surface area contributed by atoms with Crippen molar-refractivity contribution in [3.63, 3.8) is 0 Å². The molecule has 1 heterocycles. The Morgan fingerprint density at radius 2 is 1.80 bits per heavy atom. The van der Waals surface area contributed by atoms with Crippen molar-refractivity contribution in [3.05, 3.63) is 74.9 Å². The van der Waals surface area contributed by atoms with Gasteiger partial charge in [-0.25, -0.2) is 9.59 Å². The van der Waals surface area contributed by atoms with Gasteiger partial charge in [-0.3, -0.25) is 13.9 Å². The number of nitrogens with zero attached hydrogens (tertiary/aromatic N) is 2. The van der Waals surface area contributed by atoms with Crippen LogP contribution < -0.4 is 16.0 Å². The SMILES string of the molecule is CCn1c(=O)c2ccccc2n(CC(=O)Oc2cccc(C)c2)c1=O. The number of hydrogen-bond donors (Lipinski definition) is 0. The molecule has 3 aromatic rings. The molecule has 0 radical (unpaired) electrons. The molecule has 128 valence electrons. The van der Waals surface area contributed by atoms with Crippen LogP contribution in [0.4, 0.5) is 0 Å². The molecule has 0 amide bonds. The Morgan fingerprint density at radius 1 is 1.04 bits per heavy atom. The van der Waals surface area contributed by atoms with E-state index in [1.807, 2.05) is 13.0 Å². The number of benzene rings is 2. The number of aromatic nitrogens is 2. The molecule has 1 aromatic heterocycles. The van der Waals surface area contributed by atoms with Gasteiger partial charge in [0.25, 0.3) is 5.56 Å². The molecule has 0 saturated carbocycles. The van der Waals surface area contributed by atoms with Gasteiger partial charge in [0.1, 0.15) is 12.3 Å². The van der Waals surface area contributed by atoms with E-state index in [0.29, 0.717) is 16.7 Å². The van der Waals surface area contributed by atoms with E-state index in [1.54, 1.807) is 49.4 Å². The van der Waals surface area contributed by atoms with Crippen molar-refractivity contribution in [1.82, 2.24) is 9.13 Å². The number of hydrogen-bond acceptors (Lipinski definition) is 4. The van der Waals surface area contributed by atoms with Crippen molar-refractivity contribution in [2.45, 2.75) is 26.9 Å². The Morgan fingerprint density at radius 3 is 2.52 bits per heavy atom. The lowest BCUT2D eigenvalue weighted by molar-refractivity contribution is -0.135. The normalized spacial score (nSPS) is 10.8. The van der Waals surface area contributed by atoms with Crippen molar-refractivity contribution < 1.29 is 9.53 Å². The fraction of sp³-hybridized carbons (Fsp3) is 0.211. The summed E-state index contributed by atoms with van der Waals surface area (Å²) >= 11 is 0. The van der Waals surface area contributed by atoms with Crippen LogP contribution in [0.25, 0.3) is 10.9 Å². The highest BCUT2D eigenvalue weighted by atomic mass is 16.5. The highest BCUT2D eigenvalue weighted by Crippen LogP contribution is 2.13. The molecular weight excluding hydrogens is 320 g/mol. The Hall–Kier alpha value is -3.15. The molecule has 0 N–H and O–H groups in total. The molecule has 0 aliphatic rings. The zero-order valence-electron chi connectivity index (χ0n) is 14.1. The van der Waals surface area contributed by atoms with E-state index in [-0.39, 0.29) is 18.6 Å². The lowest BCUT2D eigenvalue weighted by atomic mass is 10.2. The summed E-state index contributed by atoms with van der Waals surface area (Å²) < 4.78 is 7.71. The molecule has 0 atom stereocenters. The van der Waals surface area contributed by atoms with Crippen molar-refractivity contribution in [2.24, 2.45) is 0 Å². The summed E-state index contributed by atoms with van der Waals surface area (Å²) in [5, 5.41) is 0.396. The van der Waals surface area contributed by atoms with Crippen LogP contribution >= 0.6 is 0 Å². The Kier molecular flexibility index (Phi) is 4.52. The zero-order chi connectivity index (χ0) is 18.0. The van der Waals surface area contributed by atoms with Crippen LogP contribution in [0.1, 0.15) is 12.5 Å². The van der Waals surface area contributed by atoms with Crippen LogP contribution in [0, 0.1) is 6.92 Å². The quantitative estimate of drug-likeness (QED) is 0.539. The van der Waals surface area contributed by atoms with Gasteiger partial charge in [0.2, 0.25) is 0 Å². The first-order valence-corrected chi connectivity index (χ1v) is 8.01. The molecule has 0 aliphatic heterocycles. The van der Waals surface area contributed by atoms with E-state index in [9.17, 15) is 14.4 Å². The Labute approximate surface area is 143 Å². The molecule has 0 spiro atoms. The first-order valence-electron chi connectivity index (χ1n) is 8.01. The smallest absolute Gasteiger partial charge is 0.332 e. The second-order valence-electron chi connectivity index (χ2n) is 5.73. The zero-order valence-corrected chi connectivity index (χ0v) is 14.1. The summed E-state index contributed by atoms with van der Waals surface area (Å²) in [4.78, 5) is 37.3. The van der Waals surface area contributed by atoms with Gasteiger partial charge in [-0.15, -0.1) is 0 Å². The average molecular weight is 338 g/mol. The summed E-state index contributed by atoms with van der Waals surface area (Å²) in [5.41, 5.74) is 0.509. The van der Waals surface area contributed by atoms with Gasteiger partial charge in [-0.05, 0) is 43.7 Å². The average Bonchev–Trinajstić information content (AvgIpc) is 2.59. The van der Waals surface area contributed by atoms with Crippen LogP contribution in [0.3, 0.4) is 0 Å². The lowest BCUT2D eigenvalue weighted by Crippen LogP contribution is -2.41. The summed E-state index contributed by atoms with van der Waals surface area (Å²) in [6, 6.07) is 13.8. The molecular formula is C19H18N2O4. The third kappa shape index (κ3) is 3.24. The molecule has 6 heteroatoms. The number of carbonyl (C=O) groups is 1. The summed E-state index contributed by atoms with van der Waals surface area (Å²) in [6.07, 6.45) is 0. The van der Waals surface area contributed by atoms with Crippen molar-refractivity contribution in [3.8, 4) is 5.75 Å². The third-order valence-electron chi connectivity index (χ3n) is 3.96. The molecule has 0 fully saturated rings. The Bertz CT molecular complexity index is 1060. The van der Waals surface area contributed by atoms with Crippen LogP contribution in [-0.2, 0) is 17.9 Å². The molecule has 0 bridgehead atoms. The van der Waals surface area contributed by atoms with Crippen LogP contribution in [0.5, 0.6) is 5.75 Å². The van der Waals surface area contributed by atoms with Gasteiger partial charge >= 0.3 is 11.7 Å². The minimum Gasteiger partial charge on any atom is -0.425 e. The fourth-order valence-corrected chi connectivity index (χ4v) is 2.77. The van der Waals surface area contributed by atoms with Crippen molar-refractivity contribution in [1.29, 1.82) is 0 Å². The number of fused-ring (bicyclic) bond motifs is 1. The second-order valence-corrected chi connectivity index (χ2v) is 5.73. The van der Waals surface area contributed by atoms with E-state index in [4.69, 9.17) is 4.74 Å². The lowest BCUT2D eigenvalue weighted by Gasteiger charge is -2.12. The molecule has 0 saturated heterocycles. The highest BCUT2D eigenvalue weighted by Gasteiger charge is 2.15. The van der Waals surface area contributed by atoms with Gasteiger partial charge in [0, 0.05) is 6.54 Å². The second kappa shape index (κ2) is 6.76. The van der Waals surface area contributed by atoms with E-state index in [2.05, 4.69) is 0 Å². The van der Waals surface area contributed by atoms with Crippen LogP contribution in [0.2, 0.25) is 0 Å². The van der Waals surface area contributed by atoms with E-state index >= 15 is 0 Å². The van der Waals surface area contributed by atoms with E-state index in [0.717, 1.165) is 10.1 Å². The summed E-state index contributed by atoms with van der Waals surface area (Å²) in [7, 11) is 0. The Balaban J connectivity index is 2.02. The molecule has 2 aromatic carbocycles. The number of esters is 1. The summed E-state index contributed by atoms with van der Waals surface area (Å²) in [5.74, 6) is -0.148. The maximum atomic E-state index is 12.6. The van der Waals surface area contributed by atoms with Crippen LogP contribution in [-0.4, -0.2) is 15.1 Å². The first-order chi connectivity index (χ1) is 12.0. The monoisotopic (exact) mass is 338 g/mol. The van der Waals surface area contributed by atoms with Gasteiger partial charge in [-0.1, -0.05) is 24.3 Å². The largest absolute Gasteiger partial charge is 0.425 e.